The van der Waals surface area contributed by atoms with Crippen LogP contribution < -0.4 is 4.90 Å². The van der Waals surface area contributed by atoms with Crippen LogP contribution in [0.15, 0.2) is 53.4 Å². The first-order valence-electron chi connectivity index (χ1n) is 8.56. The first-order chi connectivity index (χ1) is 12.0. The number of aryl methyl sites for hydroxylation is 1. The molecule has 5 heteroatoms. The Morgan fingerprint density at radius 3 is 2.32 bits per heavy atom. The van der Waals surface area contributed by atoms with Crippen LogP contribution in [0.25, 0.3) is 0 Å². The van der Waals surface area contributed by atoms with E-state index < -0.39 is 0 Å². The van der Waals surface area contributed by atoms with Gasteiger partial charge in [0.25, 0.3) is 0 Å². The van der Waals surface area contributed by atoms with Gasteiger partial charge in [-0.1, -0.05) is 41.4 Å². The van der Waals surface area contributed by atoms with Gasteiger partial charge < -0.3 is 9.80 Å². The number of hydrogen-bond acceptors (Lipinski definition) is 3. The van der Waals surface area contributed by atoms with E-state index in [0.29, 0.717) is 0 Å². The van der Waals surface area contributed by atoms with E-state index in [9.17, 15) is 4.79 Å². The summed E-state index contributed by atoms with van der Waals surface area (Å²) in [5.74, 6) is 0.212. The van der Waals surface area contributed by atoms with Crippen molar-refractivity contribution in [3.8, 4) is 0 Å². The van der Waals surface area contributed by atoms with Gasteiger partial charge in [-0.2, -0.15) is 0 Å². The van der Waals surface area contributed by atoms with E-state index in [1.54, 1.807) is 11.8 Å². The molecule has 3 nitrogen and oxygen atoms in total. The number of amides is 1. The van der Waals surface area contributed by atoms with Gasteiger partial charge in [-0.25, -0.2) is 0 Å². The Bertz CT molecular complexity index is 727. The highest BCUT2D eigenvalue weighted by atomic mass is 35.5. The van der Waals surface area contributed by atoms with E-state index in [-0.39, 0.29) is 11.2 Å². The van der Waals surface area contributed by atoms with E-state index in [2.05, 4.69) is 36.1 Å². The number of carbonyl (C=O) groups excluding carboxylic acids is 1. The van der Waals surface area contributed by atoms with Gasteiger partial charge in [-0.3, -0.25) is 4.79 Å². The third kappa shape index (κ3) is 4.50. The minimum atomic E-state index is -0.0745. The van der Waals surface area contributed by atoms with Crippen LogP contribution in [0, 0.1) is 6.92 Å². The van der Waals surface area contributed by atoms with Crippen LogP contribution in [0.3, 0.4) is 0 Å². The lowest BCUT2D eigenvalue weighted by atomic mass is 10.2. The van der Waals surface area contributed by atoms with Gasteiger partial charge in [-0.05, 0) is 38.1 Å². The quantitative estimate of drug-likeness (QED) is 0.737. The monoisotopic (exact) mass is 374 g/mol. The second-order valence-corrected chi connectivity index (χ2v) is 8.16. The van der Waals surface area contributed by atoms with Crippen molar-refractivity contribution in [2.45, 2.75) is 24.0 Å². The maximum absolute atomic E-state index is 12.7. The van der Waals surface area contributed by atoms with Crippen LogP contribution in [0.4, 0.5) is 5.69 Å². The maximum Gasteiger partial charge on any atom is 0.235 e. The van der Waals surface area contributed by atoms with Gasteiger partial charge in [0.05, 0.1) is 16.0 Å². The average molecular weight is 375 g/mol. The summed E-state index contributed by atoms with van der Waals surface area (Å²) in [6, 6.07) is 16.2. The molecule has 3 rings (SSSR count). The molecule has 1 aliphatic heterocycles. The zero-order valence-electron chi connectivity index (χ0n) is 14.6. The van der Waals surface area contributed by atoms with Crippen molar-refractivity contribution in [2.75, 3.05) is 31.1 Å². The van der Waals surface area contributed by atoms with Crippen LogP contribution in [-0.4, -0.2) is 42.2 Å². The van der Waals surface area contributed by atoms with E-state index in [0.717, 1.165) is 41.8 Å². The third-order valence-electron chi connectivity index (χ3n) is 4.47. The number of thioether (sulfide) groups is 1. The fourth-order valence-corrected chi connectivity index (χ4v) is 4.21. The number of hydrogen-bond donors (Lipinski definition) is 0. The van der Waals surface area contributed by atoms with Crippen LogP contribution in [0.5, 0.6) is 0 Å². The van der Waals surface area contributed by atoms with Gasteiger partial charge in [0.15, 0.2) is 0 Å². The lowest BCUT2D eigenvalue weighted by Gasteiger charge is -2.37. The van der Waals surface area contributed by atoms with Gasteiger partial charge in [0.1, 0.15) is 0 Å². The summed E-state index contributed by atoms with van der Waals surface area (Å²) in [5, 5.41) is 0.695. The first-order valence-corrected chi connectivity index (χ1v) is 9.82. The number of halogens is 1. The lowest BCUT2D eigenvalue weighted by Crippen LogP contribution is -2.50. The van der Waals surface area contributed by atoms with Gasteiger partial charge in [-0.15, -0.1) is 11.8 Å². The van der Waals surface area contributed by atoms with Crippen molar-refractivity contribution in [3.05, 3.63) is 59.1 Å². The molecule has 0 radical (unpaired) electrons. The van der Waals surface area contributed by atoms with Crippen molar-refractivity contribution in [1.82, 2.24) is 4.90 Å². The molecule has 1 fully saturated rings. The van der Waals surface area contributed by atoms with Crippen LogP contribution in [-0.2, 0) is 4.79 Å². The maximum atomic E-state index is 12.7. The summed E-state index contributed by atoms with van der Waals surface area (Å²) in [4.78, 5) is 18.1. The molecule has 0 aromatic heterocycles. The number of anilines is 1. The normalized spacial score (nSPS) is 16.0. The molecule has 2 aromatic rings. The van der Waals surface area contributed by atoms with Crippen molar-refractivity contribution in [3.63, 3.8) is 0 Å². The minimum Gasteiger partial charge on any atom is -0.367 e. The number of nitrogens with zero attached hydrogens (tertiary/aromatic N) is 2. The molecule has 0 bridgehead atoms. The fourth-order valence-electron chi connectivity index (χ4n) is 3.00. The highest BCUT2D eigenvalue weighted by molar-refractivity contribution is 8.00. The molecule has 1 saturated heterocycles. The summed E-state index contributed by atoms with van der Waals surface area (Å²) in [7, 11) is 0. The molecule has 25 heavy (non-hydrogen) atoms. The number of para-hydroxylation sites is 1. The Labute approximate surface area is 159 Å². The molecule has 1 heterocycles. The fraction of sp³-hybridized carbons (Fsp3) is 0.350. The molecule has 1 aliphatic rings. The third-order valence-corrected chi connectivity index (χ3v) is 5.89. The molecule has 0 spiro atoms. The van der Waals surface area contributed by atoms with Crippen molar-refractivity contribution in [2.24, 2.45) is 0 Å². The smallest absolute Gasteiger partial charge is 0.235 e. The van der Waals surface area contributed by atoms with E-state index in [4.69, 9.17) is 11.6 Å². The Morgan fingerprint density at radius 2 is 1.68 bits per heavy atom. The number of rotatable bonds is 4. The standard InChI is InChI=1S/C20H23ClN2OS/c1-15-7-9-17(10-8-15)25-16(2)20(24)23-13-11-22(12-14-23)19-6-4-3-5-18(19)21/h3-10,16H,11-14H2,1-2H3/t16-/m0/s1. The Hall–Kier alpha value is -1.65. The summed E-state index contributed by atoms with van der Waals surface area (Å²) >= 11 is 7.91. The zero-order chi connectivity index (χ0) is 17.8. The van der Waals surface area contributed by atoms with E-state index in [1.165, 1.54) is 5.56 Å². The van der Waals surface area contributed by atoms with E-state index in [1.807, 2.05) is 36.1 Å². The summed E-state index contributed by atoms with van der Waals surface area (Å²) in [5.41, 5.74) is 2.29. The van der Waals surface area contributed by atoms with Crippen LogP contribution in [0.1, 0.15) is 12.5 Å². The van der Waals surface area contributed by atoms with Gasteiger partial charge in [0.2, 0.25) is 5.91 Å². The summed E-state index contributed by atoms with van der Waals surface area (Å²) < 4.78 is 0. The predicted molar refractivity (Wildman–Crippen MR) is 107 cm³/mol. The first kappa shape index (κ1) is 18.2. The SMILES string of the molecule is Cc1ccc(S[C@@H](C)C(=O)N2CCN(c3ccccc3Cl)CC2)cc1. The molecule has 132 valence electrons. The molecule has 0 N–H and O–H groups in total. The molecular formula is C20H23ClN2OS. The Balaban J connectivity index is 1.56. The highest BCUT2D eigenvalue weighted by Gasteiger charge is 2.26. The van der Waals surface area contributed by atoms with Gasteiger partial charge in [0, 0.05) is 31.1 Å². The second kappa shape index (κ2) is 8.15. The van der Waals surface area contributed by atoms with Crippen molar-refractivity contribution >= 4 is 35.0 Å². The molecule has 1 atom stereocenters. The zero-order valence-corrected chi connectivity index (χ0v) is 16.2. The topological polar surface area (TPSA) is 23.6 Å². The Kier molecular flexibility index (Phi) is 5.92. The molecule has 2 aromatic carbocycles. The minimum absolute atomic E-state index is 0.0745. The summed E-state index contributed by atoms with van der Waals surface area (Å²) in [6.07, 6.45) is 0. The lowest BCUT2D eigenvalue weighted by molar-refractivity contribution is -0.130. The molecule has 1 amide bonds. The largest absolute Gasteiger partial charge is 0.367 e. The number of carbonyl (C=O) groups is 1. The molecule has 0 unspecified atom stereocenters. The van der Waals surface area contributed by atoms with Crippen molar-refractivity contribution in [1.29, 1.82) is 0 Å². The van der Waals surface area contributed by atoms with Crippen LogP contribution >= 0.6 is 23.4 Å². The van der Waals surface area contributed by atoms with E-state index >= 15 is 0 Å². The second-order valence-electron chi connectivity index (χ2n) is 6.34. The molecular weight excluding hydrogens is 352 g/mol. The number of piperazine rings is 1. The predicted octanol–water partition coefficient (Wildman–Crippen LogP) is 4.48. The van der Waals surface area contributed by atoms with Crippen molar-refractivity contribution < 1.29 is 4.79 Å². The molecule has 0 saturated carbocycles. The summed E-state index contributed by atoms with van der Waals surface area (Å²) in [6.45, 7) is 7.18. The highest BCUT2D eigenvalue weighted by Crippen LogP contribution is 2.28. The molecule has 0 aliphatic carbocycles. The number of benzene rings is 2. The average Bonchev–Trinajstić information content (AvgIpc) is 2.63. The van der Waals surface area contributed by atoms with Gasteiger partial charge >= 0.3 is 0 Å². The Morgan fingerprint density at radius 1 is 1.04 bits per heavy atom. The van der Waals surface area contributed by atoms with Crippen LogP contribution in [0.2, 0.25) is 5.02 Å².